The van der Waals surface area contributed by atoms with Gasteiger partial charge in [0.1, 0.15) is 5.60 Å². The van der Waals surface area contributed by atoms with Gasteiger partial charge in [0.15, 0.2) is 0 Å². The van der Waals surface area contributed by atoms with E-state index in [0.29, 0.717) is 18.7 Å². The average Bonchev–Trinajstić information content (AvgIpc) is 3.20. The second kappa shape index (κ2) is 6.27. The second-order valence-corrected chi connectivity index (χ2v) is 7.01. The SMILES string of the molecule is COC(=O)c1ccc(C2=CCN(C(=O)OC(C)(C)C)C2)c2cc[nH]c12. The molecule has 1 aliphatic heterocycles. The molecule has 0 saturated heterocycles. The average molecular weight is 342 g/mol. The van der Waals surface area contributed by atoms with Crippen LogP contribution >= 0.6 is 0 Å². The van der Waals surface area contributed by atoms with Crippen LogP contribution in [-0.4, -0.2) is 47.7 Å². The fraction of sp³-hybridized carbons (Fsp3) is 0.368. The van der Waals surface area contributed by atoms with E-state index in [-0.39, 0.29) is 12.1 Å². The third-order valence-electron chi connectivity index (χ3n) is 4.05. The molecule has 6 nitrogen and oxygen atoms in total. The molecule has 132 valence electrons. The van der Waals surface area contributed by atoms with E-state index in [9.17, 15) is 9.59 Å². The maximum absolute atomic E-state index is 12.2. The molecule has 25 heavy (non-hydrogen) atoms. The van der Waals surface area contributed by atoms with Crippen molar-refractivity contribution < 1.29 is 19.1 Å². The molecule has 0 spiro atoms. The van der Waals surface area contributed by atoms with Gasteiger partial charge >= 0.3 is 12.1 Å². The predicted molar refractivity (Wildman–Crippen MR) is 95.4 cm³/mol. The number of methoxy groups -OCH3 is 1. The van der Waals surface area contributed by atoms with Gasteiger partial charge in [-0.3, -0.25) is 0 Å². The fourth-order valence-corrected chi connectivity index (χ4v) is 2.93. The summed E-state index contributed by atoms with van der Waals surface area (Å²) in [4.78, 5) is 28.9. The molecule has 1 aromatic heterocycles. The van der Waals surface area contributed by atoms with E-state index in [1.54, 1.807) is 17.2 Å². The van der Waals surface area contributed by atoms with Gasteiger partial charge in [0.2, 0.25) is 0 Å². The number of H-pyrrole nitrogens is 1. The van der Waals surface area contributed by atoms with Crippen molar-refractivity contribution in [1.82, 2.24) is 9.88 Å². The molecule has 6 heteroatoms. The van der Waals surface area contributed by atoms with Crippen molar-refractivity contribution in [2.45, 2.75) is 26.4 Å². The summed E-state index contributed by atoms with van der Waals surface area (Å²) in [5.74, 6) is -0.380. The maximum Gasteiger partial charge on any atom is 0.410 e. The summed E-state index contributed by atoms with van der Waals surface area (Å²) >= 11 is 0. The van der Waals surface area contributed by atoms with E-state index in [2.05, 4.69) is 4.98 Å². The van der Waals surface area contributed by atoms with Crippen LogP contribution in [0.3, 0.4) is 0 Å². The third-order valence-corrected chi connectivity index (χ3v) is 4.05. The summed E-state index contributed by atoms with van der Waals surface area (Å²) in [6.45, 7) is 6.54. The van der Waals surface area contributed by atoms with E-state index in [4.69, 9.17) is 9.47 Å². The number of rotatable bonds is 2. The number of esters is 1. The number of hydrogen-bond acceptors (Lipinski definition) is 4. The summed E-state index contributed by atoms with van der Waals surface area (Å²) in [6, 6.07) is 5.57. The first-order chi connectivity index (χ1) is 11.8. The van der Waals surface area contributed by atoms with Gasteiger partial charge in [-0.1, -0.05) is 12.1 Å². The molecule has 1 aliphatic rings. The molecule has 0 bridgehead atoms. The Bertz CT molecular complexity index is 858. The maximum atomic E-state index is 12.2. The van der Waals surface area contributed by atoms with Crippen molar-refractivity contribution in [3.8, 4) is 0 Å². The zero-order chi connectivity index (χ0) is 18.2. The Hall–Kier alpha value is -2.76. The molecule has 0 saturated carbocycles. The van der Waals surface area contributed by atoms with E-state index in [1.165, 1.54) is 7.11 Å². The Morgan fingerprint density at radius 2 is 1.96 bits per heavy atom. The number of nitrogens with zero attached hydrogens (tertiary/aromatic N) is 1. The highest BCUT2D eigenvalue weighted by Gasteiger charge is 2.26. The fourth-order valence-electron chi connectivity index (χ4n) is 2.93. The standard InChI is InChI=1S/C19H22N2O4/c1-19(2,3)25-18(23)21-10-8-12(11-21)13-5-6-15(17(22)24-4)16-14(13)7-9-20-16/h5-9,20H,10-11H2,1-4H3. The van der Waals surface area contributed by atoms with Crippen LogP contribution in [0.4, 0.5) is 4.79 Å². The first-order valence-electron chi connectivity index (χ1n) is 8.16. The van der Waals surface area contributed by atoms with Crippen LogP contribution in [0.25, 0.3) is 16.5 Å². The van der Waals surface area contributed by atoms with Gasteiger partial charge in [0.25, 0.3) is 0 Å². The molecule has 0 fully saturated rings. The summed E-state index contributed by atoms with van der Waals surface area (Å²) in [5.41, 5.74) is 2.74. The molecule has 0 unspecified atom stereocenters. The van der Waals surface area contributed by atoms with Crippen LogP contribution in [0.5, 0.6) is 0 Å². The molecule has 0 radical (unpaired) electrons. The Kier molecular flexibility index (Phi) is 4.29. The molecule has 2 aromatic rings. The molecule has 1 amide bonds. The summed E-state index contributed by atoms with van der Waals surface area (Å²) in [6.07, 6.45) is 3.49. The van der Waals surface area contributed by atoms with Crippen molar-refractivity contribution in [3.05, 3.63) is 41.6 Å². The van der Waals surface area contributed by atoms with E-state index < -0.39 is 5.60 Å². The van der Waals surface area contributed by atoms with Crippen molar-refractivity contribution in [2.24, 2.45) is 0 Å². The molecule has 1 aromatic carbocycles. The summed E-state index contributed by atoms with van der Waals surface area (Å²) in [7, 11) is 1.36. The minimum Gasteiger partial charge on any atom is -0.465 e. The molecular weight excluding hydrogens is 320 g/mol. The number of carbonyl (C=O) groups excluding carboxylic acids is 2. The lowest BCUT2D eigenvalue weighted by Gasteiger charge is -2.24. The number of fused-ring (bicyclic) bond motifs is 1. The summed E-state index contributed by atoms with van der Waals surface area (Å²) in [5, 5.41) is 0.931. The van der Waals surface area contributed by atoms with Crippen LogP contribution in [0, 0.1) is 0 Å². The normalized spacial score (nSPS) is 14.6. The lowest BCUT2D eigenvalue weighted by molar-refractivity contribution is 0.0306. The van der Waals surface area contributed by atoms with E-state index in [0.717, 1.165) is 22.0 Å². The third kappa shape index (κ3) is 3.38. The minimum absolute atomic E-state index is 0.324. The largest absolute Gasteiger partial charge is 0.465 e. The number of carbonyl (C=O) groups is 2. The van der Waals surface area contributed by atoms with Crippen molar-refractivity contribution in [3.63, 3.8) is 0 Å². The van der Waals surface area contributed by atoms with Gasteiger partial charge in [-0.25, -0.2) is 9.59 Å². The van der Waals surface area contributed by atoms with E-state index in [1.807, 2.05) is 39.0 Å². The van der Waals surface area contributed by atoms with Gasteiger partial charge < -0.3 is 19.4 Å². The lowest BCUT2D eigenvalue weighted by atomic mass is 9.99. The summed E-state index contributed by atoms with van der Waals surface area (Å²) < 4.78 is 10.3. The molecule has 1 N–H and O–H groups in total. The lowest BCUT2D eigenvalue weighted by Crippen LogP contribution is -2.35. The number of benzene rings is 1. The zero-order valence-corrected chi connectivity index (χ0v) is 14.9. The highest BCUT2D eigenvalue weighted by atomic mass is 16.6. The molecule has 0 atom stereocenters. The number of nitrogens with one attached hydrogen (secondary N) is 1. The van der Waals surface area contributed by atoms with Gasteiger partial charge in [0.05, 0.1) is 18.2 Å². The van der Waals surface area contributed by atoms with Gasteiger partial charge in [-0.2, -0.15) is 0 Å². The number of amides is 1. The Morgan fingerprint density at radius 3 is 2.64 bits per heavy atom. The Morgan fingerprint density at radius 1 is 1.20 bits per heavy atom. The smallest absolute Gasteiger partial charge is 0.410 e. The first kappa shape index (κ1) is 17.1. The Labute approximate surface area is 146 Å². The molecule has 0 aliphatic carbocycles. The van der Waals surface area contributed by atoms with Crippen LogP contribution in [-0.2, 0) is 9.47 Å². The van der Waals surface area contributed by atoms with Crippen molar-refractivity contribution in [2.75, 3.05) is 20.2 Å². The van der Waals surface area contributed by atoms with Crippen molar-refractivity contribution in [1.29, 1.82) is 0 Å². The van der Waals surface area contributed by atoms with Gasteiger partial charge in [-0.15, -0.1) is 0 Å². The monoisotopic (exact) mass is 342 g/mol. The number of aromatic amines is 1. The van der Waals surface area contributed by atoms with Crippen LogP contribution in [0.2, 0.25) is 0 Å². The minimum atomic E-state index is -0.518. The zero-order valence-electron chi connectivity index (χ0n) is 14.9. The molecule has 3 rings (SSSR count). The van der Waals surface area contributed by atoms with E-state index >= 15 is 0 Å². The van der Waals surface area contributed by atoms with Crippen LogP contribution in [0.15, 0.2) is 30.5 Å². The quantitative estimate of drug-likeness (QED) is 0.847. The highest BCUT2D eigenvalue weighted by Crippen LogP contribution is 2.30. The Balaban J connectivity index is 1.86. The van der Waals surface area contributed by atoms with Gasteiger partial charge in [0, 0.05) is 24.7 Å². The predicted octanol–water partition coefficient (Wildman–Crippen LogP) is 3.59. The molecular formula is C19H22N2O4. The highest BCUT2D eigenvalue weighted by molar-refractivity contribution is 6.06. The topological polar surface area (TPSA) is 71.6 Å². The van der Waals surface area contributed by atoms with Crippen LogP contribution in [0.1, 0.15) is 36.7 Å². The second-order valence-electron chi connectivity index (χ2n) is 7.01. The molecule has 2 heterocycles. The number of aromatic nitrogens is 1. The number of ether oxygens (including phenoxy) is 2. The van der Waals surface area contributed by atoms with Crippen molar-refractivity contribution >= 4 is 28.5 Å². The van der Waals surface area contributed by atoms with Gasteiger partial charge in [-0.05, 0) is 44.0 Å². The van der Waals surface area contributed by atoms with Crippen LogP contribution < -0.4 is 0 Å². The first-order valence-corrected chi connectivity index (χ1v) is 8.16. The number of hydrogen-bond donors (Lipinski definition) is 1.